The van der Waals surface area contributed by atoms with E-state index in [2.05, 4.69) is 17.9 Å². The van der Waals surface area contributed by atoms with Crippen molar-refractivity contribution in [1.29, 1.82) is 0 Å². The molecule has 5 nitrogen and oxygen atoms in total. The van der Waals surface area contributed by atoms with Gasteiger partial charge in [-0.3, -0.25) is 4.79 Å². The van der Waals surface area contributed by atoms with Gasteiger partial charge in [-0.2, -0.15) is 0 Å². The molecule has 5 heteroatoms. The average molecular weight is 291 g/mol. The van der Waals surface area contributed by atoms with Gasteiger partial charge in [-0.05, 0) is 17.7 Å². The lowest BCUT2D eigenvalue weighted by Gasteiger charge is -2.15. The van der Waals surface area contributed by atoms with Crippen LogP contribution in [0, 0.1) is 0 Å². The maximum atomic E-state index is 11.3. The topological polar surface area (TPSA) is 70.8 Å². The molecule has 114 valence electrons. The van der Waals surface area contributed by atoms with E-state index in [-0.39, 0.29) is 12.4 Å². The summed E-state index contributed by atoms with van der Waals surface area (Å²) in [5.41, 5.74) is 6.75. The molecule has 0 heterocycles. The highest BCUT2D eigenvalue weighted by molar-refractivity contribution is 5.70. The molecule has 1 atom stereocenters. The molecule has 0 fully saturated rings. The van der Waals surface area contributed by atoms with Gasteiger partial charge >= 0.3 is 5.97 Å². The summed E-state index contributed by atoms with van der Waals surface area (Å²) in [6, 6.07) is 4.86. The maximum Gasteiger partial charge on any atom is 0.307 e. The third-order valence-electron chi connectivity index (χ3n) is 2.72. The predicted molar refractivity (Wildman–Crippen MR) is 81.4 cm³/mol. The van der Waals surface area contributed by atoms with Crippen LogP contribution in [0.25, 0.3) is 0 Å². The van der Waals surface area contributed by atoms with Crippen molar-refractivity contribution in [3.8, 4) is 11.5 Å². The normalized spacial score (nSPS) is 11.3. The molecule has 1 aromatic rings. The minimum absolute atomic E-state index is 0.101. The zero-order chi connectivity index (χ0) is 15.7. The van der Waals surface area contributed by atoms with Crippen molar-refractivity contribution >= 4 is 5.97 Å². The lowest BCUT2D eigenvalue weighted by Crippen LogP contribution is -2.16. The van der Waals surface area contributed by atoms with Gasteiger partial charge in [0.1, 0.15) is 13.2 Å². The van der Waals surface area contributed by atoms with E-state index in [9.17, 15) is 4.79 Å². The molecule has 1 unspecified atom stereocenters. The second kappa shape index (κ2) is 8.81. The number of ether oxygens (including phenoxy) is 3. The standard InChI is InChI=1S/C16H21NO4/c1-4-8-20-14-7-6-12(10-15(14)21-9-5-2)13(17)11-16(18)19-3/h4-7,10,13H,1-2,8-9,11,17H2,3H3. The lowest BCUT2D eigenvalue weighted by molar-refractivity contribution is -0.141. The Bertz CT molecular complexity index is 499. The second-order valence-corrected chi connectivity index (χ2v) is 4.29. The number of hydrogen-bond acceptors (Lipinski definition) is 5. The summed E-state index contributed by atoms with van der Waals surface area (Å²) in [4.78, 5) is 11.3. The Morgan fingerprint density at radius 2 is 1.86 bits per heavy atom. The number of carbonyl (C=O) groups excluding carboxylic acids is 1. The monoisotopic (exact) mass is 291 g/mol. The van der Waals surface area contributed by atoms with Crippen LogP contribution in [-0.2, 0) is 9.53 Å². The summed E-state index contributed by atoms with van der Waals surface area (Å²) in [6.07, 6.45) is 3.39. The SMILES string of the molecule is C=CCOc1ccc(C(N)CC(=O)OC)cc1OCC=C. The van der Waals surface area contributed by atoms with Crippen molar-refractivity contribution in [3.63, 3.8) is 0 Å². The Morgan fingerprint density at radius 3 is 2.43 bits per heavy atom. The van der Waals surface area contributed by atoms with Gasteiger partial charge < -0.3 is 19.9 Å². The van der Waals surface area contributed by atoms with Gasteiger partial charge in [0, 0.05) is 6.04 Å². The van der Waals surface area contributed by atoms with Gasteiger partial charge in [-0.1, -0.05) is 31.4 Å². The fraction of sp³-hybridized carbons (Fsp3) is 0.312. The molecule has 0 aliphatic rings. The van der Waals surface area contributed by atoms with E-state index in [0.717, 1.165) is 5.56 Å². The van der Waals surface area contributed by atoms with Crippen LogP contribution in [0.1, 0.15) is 18.0 Å². The third kappa shape index (κ3) is 5.31. The molecule has 1 rings (SSSR count). The fourth-order valence-corrected chi connectivity index (χ4v) is 1.67. The van der Waals surface area contributed by atoms with Crippen molar-refractivity contribution in [2.45, 2.75) is 12.5 Å². The van der Waals surface area contributed by atoms with Gasteiger partial charge in [0.25, 0.3) is 0 Å². The molecule has 0 amide bonds. The fourth-order valence-electron chi connectivity index (χ4n) is 1.67. The summed E-state index contributed by atoms with van der Waals surface area (Å²) < 4.78 is 15.7. The van der Waals surface area contributed by atoms with Crippen LogP contribution >= 0.6 is 0 Å². The van der Waals surface area contributed by atoms with Gasteiger partial charge in [0.2, 0.25) is 0 Å². The quantitative estimate of drug-likeness (QED) is 0.558. The Kier molecular flexibility index (Phi) is 7.04. The molecule has 1 aromatic carbocycles. The smallest absolute Gasteiger partial charge is 0.307 e. The van der Waals surface area contributed by atoms with Crippen LogP contribution in [0.5, 0.6) is 11.5 Å². The summed E-state index contributed by atoms with van der Waals surface area (Å²) >= 11 is 0. The lowest BCUT2D eigenvalue weighted by atomic mass is 10.0. The zero-order valence-corrected chi connectivity index (χ0v) is 12.2. The van der Waals surface area contributed by atoms with Gasteiger partial charge in [0.15, 0.2) is 11.5 Å². The summed E-state index contributed by atoms with van der Waals surface area (Å²) in [5, 5.41) is 0. The van der Waals surface area contributed by atoms with Crippen LogP contribution in [0.3, 0.4) is 0 Å². The van der Waals surface area contributed by atoms with Crippen LogP contribution < -0.4 is 15.2 Å². The molecular weight excluding hydrogens is 270 g/mol. The van der Waals surface area contributed by atoms with Crippen molar-refractivity contribution in [2.75, 3.05) is 20.3 Å². The van der Waals surface area contributed by atoms with Crippen molar-refractivity contribution < 1.29 is 19.0 Å². The molecule has 2 N–H and O–H groups in total. The van der Waals surface area contributed by atoms with Crippen molar-refractivity contribution in [3.05, 3.63) is 49.1 Å². The van der Waals surface area contributed by atoms with Crippen molar-refractivity contribution in [1.82, 2.24) is 0 Å². The van der Waals surface area contributed by atoms with E-state index < -0.39 is 6.04 Å². The van der Waals surface area contributed by atoms with E-state index in [4.69, 9.17) is 15.2 Å². The summed E-state index contributed by atoms with van der Waals surface area (Å²) in [5.74, 6) is 0.781. The summed E-state index contributed by atoms with van der Waals surface area (Å²) in [7, 11) is 1.33. The van der Waals surface area contributed by atoms with E-state index in [1.165, 1.54) is 7.11 Å². The average Bonchev–Trinajstić information content (AvgIpc) is 2.50. The van der Waals surface area contributed by atoms with E-state index >= 15 is 0 Å². The van der Waals surface area contributed by atoms with E-state index in [1.807, 2.05) is 0 Å². The van der Waals surface area contributed by atoms with Crippen LogP contribution in [-0.4, -0.2) is 26.3 Å². The highest BCUT2D eigenvalue weighted by Crippen LogP contribution is 2.31. The number of nitrogens with two attached hydrogens (primary N) is 1. The minimum atomic E-state index is -0.461. The summed E-state index contributed by atoms with van der Waals surface area (Å²) in [6.45, 7) is 7.93. The first-order valence-corrected chi connectivity index (χ1v) is 6.56. The second-order valence-electron chi connectivity index (χ2n) is 4.29. The van der Waals surface area contributed by atoms with Gasteiger partial charge in [-0.25, -0.2) is 0 Å². The first-order chi connectivity index (χ1) is 10.1. The largest absolute Gasteiger partial charge is 0.486 e. The number of benzene rings is 1. The molecule has 0 spiro atoms. The van der Waals surface area contributed by atoms with Crippen molar-refractivity contribution in [2.24, 2.45) is 5.73 Å². The van der Waals surface area contributed by atoms with Crippen LogP contribution in [0.2, 0.25) is 0 Å². The highest BCUT2D eigenvalue weighted by Gasteiger charge is 2.15. The van der Waals surface area contributed by atoms with Gasteiger partial charge in [-0.15, -0.1) is 0 Å². The predicted octanol–water partition coefficient (Wildman–Crippen LogP) is 2.38. The van der Waals surface area contributed by atoms with E-state index in [1.54, 1.807) is 30.4 Å². The minimum Gasteiger partial charge on any atom is -0.486 e. The first kappa shape index (κ1) is 16.8. The maximum absolute atomic E-state index is 11.3. The molecule has 0 bridgehead atoms. The van der Waals surface area contributed by atoms with Crippen LogP contribution in [0.15, 0.2) is 43.5 Å². The molecule has 0 saturated carbocycles. The number of rotatable bonds is 9. The van der Waals surface area contributed by atoms with E-state index in [0.29, 0.717) is 24.7 Å². The number of carbonyl (C=O) groups is 1. The first-order valence-electron chi connectivity index (χ1n) is 6.56. The Labute approximate surface area is 125 Å². The molecule has 0 radical (unpaired) electrons. The number of hydrogen-bond donors (Lipinski definition) is 1. The number of methoxy groups -OCH3 is 1. The molecule has 21 heavy (non-hydrogen) atoms. The van der Waals surface area contributed by atoms with Crippen LogP contribution in [0.4, 0.5) is 0 Å². The highest BCUT2D eigenvalue weighted by atomic mass is 16.5. The Morgan fingerprint density at radius 1 is 1.24 bits per heavy atom. The molecule has 0 aliphatic heterocycles. The molecular formula is C16H21NO4. The molecule has 0 aliphatic carbocycles. The van der Waals surface area contributed by atoms with Gasteiger partial charge in [0.05, 0.1) is 13.5 Å². The molecule has 0 aromatic heterocycles. The zero-order valence-electron chi connectivity index (χ0n) is 12.2. The Hall–Kier alpha value is -2.27. The Balaban J connectivity index is 2.93. The third-order valence-corrected chi connectivity index (χ3v) is 2.72. The molecule has 0 saturated heterocycles. The number of esters is 1.